The standard InChI is InChI=1S/C21H26N4S/c1-16(2)13-14-26-21-24-23-20(25(21)18-10-5-4-6-11-18)15-22-19-12-8-7-9-17(19)3/h4-12,16,22H,13-15H2,1-3H3. The van der Waals surface area contributed by atoms with Gasteiger partial charge < -0.3 is 5.32 Å². The molecule has 0 unspecified atom stereocenters. The molecule has 4 nitrogen and oxygen atoms in total. The van der Waals surface area contributed by atoms with Crippen LogP contribution in [0.25, 0.3) is 5.69 Å². The number of para-hydroxylation sites is 2. The van der Waals surface area contributed by atoms with Crippen molar-refractivity contribution in [2.75, 3.05) is 11.1 Å². The first-order chi connectivity index (χ1) is 12.6. The second-order valence-electron chi connectivity index (χ2n) is 6.77. The lowest BCUT2D eigenvalue weighted by Crippen LogP contribution is -2.09. The quantitative estimate of drug-likeness (QED) is 0.548. The van der Waals surface area contributed by atoms with Crippen LogP contribution in [0.1, 0.15) is 31.7 Å². The Morgan fingerprint density at radius 1 is 1.00 bits per heavy atom. The van der Waals surface area contributed by atoms with Gasteiger partial charge in [0.2, 0.25) is 0 Å². The highest BCUT2D eigenvalue weighted by Crippen LogP contribution is 2.24. The van der Waals surface area contributed by atoms with E-state index in [1.807, 2.05) is 12.1 Å². The summed E-state index contributed by atoms with van der Waals surface area (Å²) >= 11 is 1.78. The molecule has 136 valence electrons. The summed E-state index contributed by atoms with van der Waals surface area (Å²) in [6.07, 6.45) is 1.17. The van der Waals surface area contributed by atoms with Crippen molar-refractivity contribution in [3.63, 3.8) is 0 Å². The molecule has 0 amide bonds. The zero-order chi connectivity index (χ0) is 18.4. The first kappa shape index (κ1) is 18.5. The third kappa shape index (κ3) is 4.67. The van der Waals surface area contributed by atoms with E-state index < -0.39 is 0 Å². The number of nitrogens with zero attached hydrogens (tertiary/aromatic N) is 3. The van der Waals surface area contributed by atoms with E-state index in [9.17, 15) is 0 Å². The summed E-state index contributed by atoms with van der Waals surface area (Å²) < 4.78 is 2.16. The fourth-order valence-corrected chi connectivity index (χ4v) is 3.89. The van der Waals surface area contributed by atoms with Gasteiger partial charge in [-0.3, -0.25) is 4.57 Å². The largest absolute Gasteiger partial charge is 0.378 e. The van der Waals surface area contributed by atoms with E-state index in [1.165, 1.54) is 12.0 Å². The van der Waals surface area contributed by atoms with Crippen LogP contribution in [0.15, 0.2) is 59.8 Å². The molecule has 0 aliphatic rings. The van der Waals surface area contributed by atoms with E-state index in [1.54, 1.807) is 11.8 Å². The van der Waals surface area contributed by atoms with Gasteiger partial charge >= 0.3 is 0 Å². The summed E-state index contributed by atoms with van der Waals surface area (Å²) in [6, 6.07) is 18.6. The van der Waals surface area contributed by atoms with Crippen molar-refractivity contribution in [1.82, 2.24) is 14.8 Å². The maximum Gasteiger partial charge on any atom is 0.195 e. The average molecular weight is 367 g/mol. The fourth-order valence-electron chi connectivity index (χ4n) is 2.68. The predicted molar refractivity (Wildman–Crippen MR) is 110 cm³/mol. The summed E-state index contributed by atoms with van der Waals surface area (Å²) in [6.45, 7) is 7.25. The van der Waals surface area contributed by atoms with Gasteiger partial charge in [-0.15, -0.1) is 10.2 Å². The highest BCUT2D eigenvalue weighted by Gasteiger charge is 2.14. The third-order valence-corrected chi connectivity index (χ3v) is 5.19. The number of thioether (sulfide) groups is 1. The molecule has 5 heteroatoms. The number of anilines is 1. The van der Waals surface area contributed by atoms with Crippen molar-refractivity contribution in [3.8, 4) is 5.69 Å². The van der Waals surface area contributed by atoms with Crippen LogP contribution in [0.4, 0.5) is 5.69 Å². The van der Waals surface area contributed by atoms with Crippen molar-refractivity contribution in [2.24, 2.45) is 5.92 Å². The van der Waals surface area contributed by atoms with E-state index in [2.05, 4.69) is 83.3 Å². The molecule has 0 saturated carbocycles. The van der Waals surface area contributed by atoms with Crippen molar-refractivity contribution >= 4 is 17.4 Å². The van der Waals surface area contributed by atoms with Gasteiger partial charge in [-0.2, -0.15) is 0 Å². The Morgan fingerprint density at radius 2 is 1.73 bits per heavy atom. The van der Waals surface area contributed by atoms with Gasteiger partial charge in [0.05, 0.1) is 6.54 Å². The Labute approximate surface area is 160 Å². The average Bonchev–Trinajstić information content (AvgIpc) is 3.04. The van der Waals surface area contributed by atoms with Crippen molar-refractivity contribution in [1.29, 1.82) is 0 Å². The highest BCUT2D eigenvalue weighted by atomic mass is 32.2. The number of hydrogen-bond donors (Lipinski definition) is 1. The van der Waals surface area contributed by atoms with E-state index in [-0.39, 0.29) is 0 Å². The maximum atomic E-state index is 4.46. The second kappa shape index (κ2) is 8.90. The molecule has 0 bridgehead atoms. The molecule has 0 spiro atoms. The Hall–Kier alpha value is -2.27. The maximum absolute atomic E-state index is 4.46. The molecule has 0 aliphatic heterocycles. The number of hydrogen-bond acceptors (Lipinski definition) is 4. The summed E-state index contributed by atoms with van der Waals surface area (Å²) in [7, 11) is 0. The molecule has 26 heavy (non-hydrogen) atoms. The van der Waals surface area contributed by atoms with Crippen LogP contribution in [-0.2, 0) is 6.54 Å². The van der Waals surface area contributed by atoms with Crippen LogP contribution in [0.5, 0.6) is 0 Å². The molecule has 0 fully saturated rings. The van der Waals surface area contributed by atoms with Crippen LogP contribution in [0, 0.1) is 12.8 Å². The van der Waals surface area contributed by atoms with Crippen LogP contribution < -0.4 is 5.32 Å². The molecule has 2 aromatic carbocycles. The summed E-state index contributed by atoms with van der Waals surface area (Å²) in [5.74, 6) is 2.66. The van der Waals surface area contributed by atoms with Gasteiger partial charge in [0, 0.05) is 17.1 Å². The second-order valence-corrected chi connectivity index (χ2v) is 7.83. The normalized spacial score (nSPS) is 11.1. The molecule has 1 heterocycles. The van der Waals surface area contributed by atoms with E-state index in [0.717, 1.165) is 28.1 Å². The Balaban J connectivity index is 1.82. The van der Waals surface area contributed by atoms with E-state index >= 15 is 0 Å². The van der Waals surface area contributed by atoms with Crippen LogP contribution in [-0.4, -0.2) is 20.5 Å². The van der Waals surface area contributed by atoms with E-state index in [4.69, 9.17) is 0 Å². The van der Waals surface area contributed by atoms with Crippen molar-refractivity contribution in [3.05, 3.63) is 66.0 Å². The lowest BCUT2D eigenvalue weighted by atomic mass is 10.2. The van der Waals surface area contributed by atoms with Crippen LogP contribution in [0.2, 0.25) is 0 Å². The van der Waals surface area contributed by atoms with E-state index in [0.29, 0.717) is 12.5 Å². The lowest BCUT2D eigenvalue weighted by Gasteiger charge is -2.12. The van der Waals surface area contributed by atoms with Gasteiger partial charge in [-0.25, -0.2) is 0 Å². The van der Waals surface area contributed by atoms with Gasteiger partial charge in [0.25, 0.3) is 0 Å². The molecular weight excluding hydrogens is 340 g/mol. The first-order valence-corrected chi connectivity index (χ1v) is 10.1. The minimum Gasteiger partial charge on any atom is -0.378 e. The predicted octanol–water partition coefficient (Wildman–Crippen LogP) is 5.33. The van der Waals surface area contributed by atoms with Crippen molar-refractivity contribution < 1.29 is 0 Å². The number of benzene rings is 2. The van der Waals surface area contributed by atoms with Crippen LogP contribution >= 0.6 is 11.8 Å². The molecule has 3 aromatic rings. The smallest absolute Gasteiger partial charge is 0.195 e. The minimum atomic E-state index is 0.636. The lowest BCUT2D eigenvalue weighted by molar-refractivity contribution is 0.631. The Bertz CT molecular complexity index is 827. The third-order valence-electron chi connectivity index (χ3n) is 4.22. The molecule has 0 saturated heterocycles. The number of nitrogens with one attached hydrogen (secondary N) is 1. The summed E-state index contributed by atoms with van der Waals surface area (Å²) in [4.78, 5) is 0. The zero-order valence-electron chi connectivity index (χ0n) is 15.6. The number of rotatable bonds is 8. The molecule has 0 radical (unpaired) electrons. The summed E-state index contributed by atoms with van der Waals surface area (Å²) in [5.41, 5.74) is 3.46. The Kier molecular flexibility index (Phi) is 6.34. The number of aryl methyl sites for hydroxylation is 1. The number of aromatic nitrogens is 3. The minimum absolute atomic E-state index is 0.636. The highest BCUT2D eigenvalue weighted by molar-refractivity contribution is 7.99. The first-order valence-electron chi connectivity index (χ1n) is 9.07. The molecular formula is C21H26N4S. The fraction of sp³-hybridized carbons (Fsp3) is 0.333. The topological polar surface area (TPSA) is 42.7 Å². The van der Waals surface area contributed by atoms with Gasteiger partial charge in [0.15, 0.2) is 11.0 Å². The molecule has 1 aromatic heterocycles. The monoisotopic (exact) mass is 366 g/mol. The SMILES string of the molecule is Cc1ccccc1NCc1nnc(SCCC(C)C)n1-c1ccccc1. The molecule has 3 rings (SSSR count). The molecule has 0 atom stereocenters. The van der Waals surface area contributed by atoms with Crippen molar-refractivity contribution in [2.45, 2.75) is 38.9 Å². The van der Waals surface area contributed by atoms with Gasteiger partial charge in [0.1, 0.15) is 0 Å². The Morgan fingerprint density at radius 3 is 2.46 bits per heavy atom. The zero-order valence-corrected chi connectivity index (χ0v) is 16.5. The van der Waals surface area contributed by atoms with Crippen LogP contribution in [0.3, 0.4) is 0 Å². The molecule has 1 N–H and O–H groups in total. The van der Waals surface area contributed by atoms with Gasteiger partial charge in [-0.05, 0) is 43.0 Å². The van der Waals surface area contributed by atoms with Gasteiger partial charge in [-0.1, -0.05) is 62.0 Å². The molecule has 0 aliphatic carbocycles. The summed E-state index contributed by atoms with van der Waals surface area (Å²) in [5, 5.41) is 13.4.